The molecule has 0 aliphatic heterocycles. The number of nitrogens with zero attached hydrogens (tertiary/aromatic N) is 1. The zero-order chi connectivity index (χ0) is 11.7. The number of pyridine rings is 1. The lowest BCUT2D eigenvalue weighted by atomic mass is 10.0. The van der Waals surface area contributed by atoms with Gasteiger partial charge in [0.25, 0.3) is 0 Å². The molecule has 0 amide bonds. The normalized spacial score (nSPS) is 11.0. The Morgan fingerprint density at radius 2 is 2.00 bits per heavy atom. The van der Waals surface area contributed by atoms with Crippen molar-refractivity contribution < 1.29 is 0 Å². The lowest BCUT2D eigenvalue weighted by Gasteiger charge is -2.08. The molecule has 0 saturated carbocycles. The van der Waals surface area contributed by atoms with E-state index in [0.717, 1.165) is 40.0 Å². The number of hydrogen-bond donors (Lipinski definition) is 0. The minimum absolute atomic E-state index is 0.848. The van der Waals surface area contributed by atoms with Crippen molar-refractivity contribution in [2.45, 2.75) is 33.6 Å². The van der Waals surface area contributed by atoms with Crippen LogP contribution in [0.3, 0.4) is 0 Å². The first-order chi connectivity index (χ1) is 7.63. The minimum atomic E-state index is 0.848. The topological polar surface area (TPSA) is 12.9 Å². The SMILES string of the molecule is CCCc1ccc2nc(C)c(C)c(Cl)c2c1. The van der Waals surface area contributed by atoms with E-state index in [-0.39, 0.29) is 0 Å². The molecule has 0 fully saturated rings. The summed E-state index contributed by atoms with van der Waals surface area (Å²) < 4.78 is 0. The molecule has 0 unspecified atom stereocenters. The van der Waals surface area contributed by atoms with Crippen LogP contribution in [0.1, 0.15) is 30.2 Å². The molecule has 2 rings (SSSR count). The second-order valence-electron chi connectivity index (χ2n) is 4.24. The van der Waals surface area contributed by atoms with Gasteiger partial charge in [0.1, 0.15) is 0 Å². The zero-order valence-corrected chi connectivity index (χ0v) is 10.7. The Bertz CT molecular complexity index is 532. The minimum Gasteiger partial charge on any atom is -0.253 e. The first kappa shape index (κ1) is 11.4. The van der Waals surface area contributed by atoms with Gasteiger partial charge in [0.15, 0.2) is 0 Å². The fraction of sp³-hybridized carbons (Fsp3) is 0.357. The van der Waals surface area contributed by atoms with Crippen molar-refractivity contribution in [3.63, 3.8) is 0 Å². The molecule has 1 nitrogen and oxygen atoms in total. The number of benzene rings is 1. The van der Waals surface area contributed by atoms with E-state index in [0.29, 0.717) is 0 Å². The molecule has 0 N–H and O–H groups in total. The lowest BCUT2D eigenvalue weighted by molar-refractivity contribution is 0.923. The molecule has 0 aliphatic rings. The fourth-order valence-corrected chi connectivity index (χ4v) is 2.21. The van der Waals surface area contributed by atoms with Gasteiger partial charge in [-0.3, -0.25) is 4.98 Å². The maximum atomic E-state index is 6.36. The zero-order valence-electron chi connectivity index (χ0n) is 9.97. The highest BCUT2D eigenvalue weighted by Gasteiger charge is 2.07. The van der Waals surface area contributed by atoms with Crippen LogP contribution in [0.4, 0.5) is 0 Å². The smallest absolute Gasteiger partial charge is 0.0720 e. The largest absolute Gasteiger partial charge is 0.253 e. The van der Waals surface area contributed by atoms with Crippen molar-refractivity contribution in [2.75, 3.05) is 0 Å². The Balaban J connectivity index is 2.68. The molecule has 0 spiro atoms. The van der Waals surface area contributed by atoms with Crippen LogP contribution in [0.2, 0.25) is 5.02 Å². The Morgan fingerprint density at radius 1 is 1.25 bits per heavy atom. The number of aromatic nitrogens is 1. The van der Waals surface area contributed by atoms with E-state index in [1.54, 1.807) is 0 Å². The molecule has 0 saturated heterocycles. The molecule has 1 heterocycles. The molecule has 0 aliphatic carbocycles. The van der Waals surface area contributed by atoms with Crippen LogP contribution in [-0.4, -0.2) is 4.98 Å². The fourth-order valence-electron chi connectivity index (χ4n) is 1.93. The third-order valence-electron chi connectivity index (χ3n) is 3.00. The van der Waals surface area contributed by atoms with Gasteiger partial charge in [0.05, 0.1) is 10.5 Å². The monoisotopic (exact) mass is 233 g/mol. The van der Waals surface area contributed by atoms with E-state index in [1.807, 2.05) is 13.8 Å². The lowest BCUT2D eigenvalue weighted by Crippen LogP contribution is -1.92. The summed E-state index contributed by atoms with van der Waals surface area (Å²) in [4.78, 5) is 4.55. The molecule has 0 atom stereocenters. The van der Waals surface area contributed by atoms with Crippen molar-refractivity contribution in [3.05, 3.63) is 40.0 Å². The highest BCUT2D eigenvalue weighted by atomic mass is 35.5. The number of hydrogen-bond acceptors (Lipinski definition) is 1. The second-order valence-corrected chi connectivity index (χ2v) is 4.62. The summed E-state index contributed by atoms with van der Waals surface area (Å²) >= 11 is 6.36. The number of halogens is 1. The van der Waals surface area contributed by atoms with E-state index in [9.17, 15) is 0 Å². The number of rotatable bonds is 2. The molecule has 1 aromatic heterocycles. The van der Waals surface area contributed by atoms with Crippen LogP contribution >= 0.6 is 11.6 Å². The first-order valence-electron chi connectivity index (χ1n) is 5.68. The summed E-state index contributed by atoms with van der Waals surface area (Å²) in [5, 5.41) is 1.93. The predicted octanol–water partition coefficient (Wildman–Crippen LogP) is 4.46. The molecular weight excluding hydrogens is 218 g/mol. The van der Waals surface area contributed by atoms with E-state index in [2.05, 4.69) is 30.1 Å². The van der Waals surface area contributed by atoms with Crippen molar-refractivity contribution in [2.24, 2.45) is 0 Å². The highest BCUT2D eigenvalue weighted by molar-refractivity contribution is 6.36. The van der Waals surface area contributed by atoms with E-state index in [1.165, 1.54) is 5.56 Å². The molecule has 2 heteroatoms. The van der Waals surface area contributed by atoms with Crippen LogP contribution in [-0.2, 0) is 6.42 Å². The molecule has 0 radical (unpaired) electrons. The molecule has 2 aromatic rings. The Morgan fingerprint density at radius 3 is 2.69 bits per heavy atom. The quantitative estimate of drug-likeness (QED) is 0.747. The molecular formula is C14H16ClN. The molecule has 84 valence electrons. The van der Waals surface area contributed by atoms with Crippen LogP contribution in [0.25, 0.3) is 10.9 Å². The third kappa shape index (κ3) is 1.92. The van der Waals surface area contributed by atoms with Crippen LogP contribution in [0.5, 0.6) is 0 Å². The van der Waals surface area contributed by atoms with Gasteiger partial charge in [-0.1, -0.05) is 31.0 Å². The van der Waals surface area contributed by atoms with Crippen molar-refractivity contribution >= 4 is 22.5 Å². The van der Waals surface area contributed by atoms with Gasteiger partial charge in [-0.05, 0) is 43.5 Å². The molecule has 16 heavy (non-hydrogen) atoms. The van der Waals surface area contributed by atoms with Crippen molar-refractivity contribution in [3.8, 4) is 0 Å². The number of aryl methyl sites for hydroxylation is 2. The van der Waals surface area contributed by atoms with Crippen LogP contribution < -0.4 is 0 Å². The summed E-state index contributed by atoms with van der Waals surface area (Å²) in [5.41, 5.74) is 4.43. The van der Waals surface area contributed by atoms with Crippen LogP contribution in [0.15, 0.2) is 18.2 Å². The Hall–Kier alpha value is -1.08. The van der Waals surface area contributed by atoms with Gasteiger partial charge in [-0.25, -0.2) is 0 Å². The van der Waals surface area contributed by atoms with Gasteiger partial charge in [0.2, 0.25) is 0 Å². The summed E-state index contributed by atoms with van der Waals surface area (Å²) in [7, 11) is 0. The van der Waals surface area contributed by atoms with E-state index < -0.39 is 0 Å². The average Bonchev–Trinajstić information content (AvgIpc) is 2.28. The maximum absolute atomic E-state index is 6.36. The van der Waals surface area contributed by atoms with Crippen LogP contribution in [0, 0.1) is 13.8 Å². The highest BCUT2D eigenvalue weighted by Crippen LogP contribution is 2.28. The van der Waals surface area contributed by atoms with Crippen molar-refractivity contribution in [1.82, 2.24) is 4.98 Å². The van der Waals surface area contributed by atoms with Gasteiger partial charge < -0.3 is 0 Å². The van der Waals surface area contributed by atoms with E-state index >= 15 is 0 Å². The third-order valence-corrected chi connectivity index (χ3v) is 3.48. The summed E-state index contributed by atoms with van der Waals surface area (Å²) in [6.07, 6.45) is 2.25. The van der Waals surface area contributed by atoms with Crippen molar-refractivity contribution in [1.29, 1.82) is 0 Å². The predicted molar refractivity (Wildman–Crippen MR) is 70.2 cm³/mol. The second kappa shape index (κ2) is 4.42. The van der Waals surface area contributed by atoms with E-state index in [4.69, 9.17) is 11.6 Å². The number of fused-ring (bicyclic) bond motifs is 1. The first-order valence-corrected chi connectivity index (χ1v) is 6.06. The van der Waals surface area contributed by atoms with Gasteiger partial charge in [-0.2, -0.15) is 0 Å². The maximum Gasteiger partial charge on any atom is 0.0720 e. The van der Waals surface area contributed by atoms with Gasteiger partial charge in [-0.15, -0.1) is 0 Å². The molecule has 1 aromatic carbocycles. The van der Waals surface area contributed by atoms with Gasteiger partial charge in [0, 0.05) is 11.1 Å². The summed E-state index contributed by atoms with van der Waals surface area (Å²) in [6.45, 7) is 6.21. The average molecular weight is 234 g/mol. The molecule has 0 bridgehead atoms. The Kier molecular flexibility index (Phi) is 3.15. The Labute approximate surface area is 101 Å². The van der Waals surface area contributed by atoms with Gasteiger partial charge >= 0.3 is 0 Å². The standard InChI is InChI=1S/C14H16ClN/c1-4-5-11-6-7-13-12(8-11)14(15)9(2)10(3)16-13/h6-8H,4-5H2,1-3H3. The summed E-state index contributed by atoms with van der Waals surface area (Å²) in [5.74, 6) is 0. The summed E-state index contributed by atoms with van der Waals surface area (Å²) in [6, 6.07) is 6.38.